The fraction of sp³-hybridized carbons (Fsp3) is 1.00. The predicted molar refractivity (Wildman–Crippen MR) is 77.7 cm³/mol. The van der Waals surface area contributed by atoms with Gasteiger partial charge in [-0.3, -0.25) is 0 Å². The van der Waals surface area contributed by atoms with Gasteiger partial charge in [-0.15, -0.1) is 0 Å². The zero-order valence-corrected chi connectivity index (χ0v) is 13.7. The van der Waals surface area contributed by atoms with Crippen LogP contribution in [0, 0.1) is 41.4 Å². The van der Waals surface area contributed by atoms with Crippen LogP contribution in [0.5, 0.6) is 0 Å². The first-order chi connectivity index (χ1) is 9.45. The van der Waals surface area contributed by atoms with Gasteiger partial charge in [0.15, 0.2) is 5.60 Å². The van der Waals surface area contributed by atoms with Crippen LogP contribution in [0.3, 0.4) is 0 Å². The highest BCUT2D eigenvalue weighted by molar-refractivity contribution is 5.04. The van der Waals surface area contributed by atoms with Crippen LogP contribution in [0.15, 0.2) is 0 Å². The summed E-state index contributed by atoms with van der Waals surface area (Å²) in [6.45, 7) is 9.80. The van der Waals surface area contributed by atoms with Crippen molar-refractivity contribution in [1.82, 2.24) is 0 Å². The van der Waals surface area contributed by atoms with Crippen molar-refractivity contribution in [2.45, 2.75) is 65.7 Å². The first-order valence-electron chi connectivity index (χ1n) is 8.24. The molecule has 0 aromatic rings. The molecule has 0 aliphatic heterocycles. The molecule has 6 atom stereocenters. The van der Waals surface area contributed by atoms with E-state index in [2.05, 4.69) is 27.7 Å². The third-order valence-electron chi connectivity index (χ3n) is 6.08. The predicted octanol–water partition coefficient (Wildman–Crippen LogP) is 4.89. The molecule has 1 N–H and O–H groups in total. The molecule has 1 nitrogen and oxygen atoms in total. The quantitative estimate of drug-likeness (QED) is 0.784. The first-order valence-corrected chi connectivity index (χ1v) is 8.24. The SMILES string of the molecule is CC(C)C1C2CC(CC(C)(O)C(F)(F)F)C(C2)C1C(C)C. The highest BCUT2D eigenvalue weighted by Gasteiger charge is 2.58. The fourth-order valence-corrected chi connectivity index (χ4v) is 5.38. The van der Waals surface area contributed by atoms with Gasteiger partial charge in [0.2, 0.25) is 0 Å². The second kappa shape index (κ2) is 5.43. The zero-order chi connectivity index (χ0) is 16.2. The van der Waals surface area contributed by atoms with Crippen molar-refractivity contribution in [1.29, 1.82) is 0 Å². The molecular formula is C17H29F3O. The third-order valence-corrected chi connectivity index (χ3v) is 6.08. The highest BCUT2D eigenvalue weighted by Crippen LogP contribution is 2.61. The number of fused-ring (bicyclic) bond motifs is 2. The molecule has 124 valence electrons. The van der Waals surface area contributed by atoms with E-state index >= 15 is 0 Å². The van der Waals surface area contributed by atoms with E-state index < -0.39 is 11.8 Å². The summed E-state index contributed by atoms with van der Waals surface area (Å²) in [5.41, 5.74) is -2.54. The molecule has 0 heterocycles. The highest BCUT2D eigenvalue weighted by atomic mass is 19.4. The summed E-state index contributed by atoms with van der Waals surface area (Å²) in [5.74, 6) is 3.18. The van der Waals surface area contributed by atoms with Crippen LogP contribution < -0.4 is 0 Å². The van der Waals surface area contributed by atoms with Crippen LogP contribution in [0.2, 0.25) is 0 Å². The lowest BCUT2D eigenvalue weighted by Gasteiger charge is -2.42. The summed E-state index contributed by atoms with van der Waals surface area (Å²) in [5, 5.41) is 9.81. The maximum absolute atomic E-state index is 12.9. The third kappa shape index (κ3) is 2.97. The number of halogens is 3. The summed E-state index contributed by atoms with van der Waals surface area (Å²) >= 11 is 0. The van der Waals surface area contributed by atoms with E-state index in [1.54, 1.807) is 0 Å². The number of alkyl halides is 3. The second-order valence-corrected chi connectivity index (χ2v) is 8.27. The molecule has 21 heavy (non-hydrogen) atoms. The van der Waals surface area contributed by atoms with E-state index in [0.29, 0.717) is 35.5 Å². The molecule has 2 aliphatic rings. The molecule has 0 aromatic carbocycles. The Bertz CT molecular complexity index is 373. The van der Waals surface area contributed by atoms with Crippen LogP contribution >= 0.6 is 0 Å². The summed E-state index contributed by atoms with van der Waals surface area (Å²) in [4.78, 5) is 0. The monoisotopic (exact) mass is 306 g/mol. The molecule has 2 rings (SSSR count). The van der Waals surface area contributed by atoms with Crippen molar-refractivity contribution in [3.8, 4) is 0 Å². The van der Waals surface area contributed by atoms with Gasteiger partial charge in [0.05, 0.1) is 0 Å². The lowest BCUT2D eigenvalue weighted by Crippen LogP contribution is -2.46. The van der Waals surface area contributed by atoms with Gasteiger partial charge in [0.1, 0.15) is 0 Å². The summed E-state index contributed by atoms with van der Waals surface area (Å²) in [6, 6.07) is 0. The Labute approximate surface area is 126 Å². The van der Waals surface area contributed by atoms with Crippen molar-refractivity contribution >= 4 is 0 Å². The molecule has 0 saturated heterocycles. The summed E-state index contributed by atoms with van der Waals surface area (Å²) in [6.07, 6.45) is -2.74. The van der Waals surface area contributed by atoms with Gasteiger partial charge in [0.25, 0.3) is 0 Å². The Hall–Kier alpha value is -0.250. The maximum atomic E-state index is 12.9. The Balaban J connectivity index is 2.14. The van der Waals surface area contributed by atoms with Gasteiger partial charge < -0.3 is 5.11 Å². The molecule has 0 radical (unpaired) electrons. The van der Waals surface area contributed by atoms with E-state index in [9.17, 15) is 18.3 Å². The number of rotatable bonds is 4. The van der Waals surface area contributed by atoms with Crippen LogP contribution in [0.25, 0.3) is 0 Å². The molecule has 4 heteroatoms. The second-order valence-electron chi connectivity index (χ2n) is 8.27. The minimum Gasteiger partial charge on any atom is -0.381 e. The number of hydrogen-bond donors (Lipinski definition) is 1. The average Bonchev–Trinajstić information content (AvgIpc) is 2.82. The smallest absolute Gasteiger partial charge is 0.381 e. The largest absolute Gasteiger partial charge is 0.416 e. The van der Waals surface area contributed by atoms with Gasteiger partial charge in [-0.25, -0.2) is 0 Å². The Morgan fingerprint density at radius 1 is 1.00 bits per heavy atom. The average molecular weight is 306 g/mol. The van der Waals surface area contributed by atoms with Gasteiger partial charge in [-0.05, 0) is 67.6 Å². The topological polar surface area (TPSA) is 20.2 Å². The minimum absolute atomic E-state index is 0.0222. The van der Waals surface area contributed by atoms with Crippen LogP contribution in [-0.4, -0.2) is 16.9 Å². The van der Waals surface area contributed by atoms with Crippen molar-refractivity contribution < 1.29 is 18.3 Å². The molecule has 0 aromatic heterocycles. The van der Waals surface area contributed by atoms with Crippen molar-refractivity contribution in [3.63, 3.8) is 0 Å². The Kier molecular flexibility index (Phi) is 4.43. The molecule has 0 spiro atoms. The van der Waals surface area contributed by atoms with Crippen molar-refractivity contribution in [2.24, 2.45) is 41.4 Å². The summed E-state index contributed by atoms with van der Waals surface area (Å²) in [7, 11) is 0. The van der Waals surface area contributed by atoms with E-state index in [4.69, 9.17) is 0 Å². The molecule has 6 unspecified atom stereocenters. The van der Waals surface area contributed by atoms with Crippen LogP contribution in [-0.2, 0) is 0 Å². The van der Waals surface area contributed by atoms with Crippen molar-refractivity contribution in [3.05, 3.63) is 0 Å². The van der Waals surface area contributed by atoms with Gasteiger partial charge in [0, 0.05) is 0 Å². The van der Waals surface area contributed by atoms with E-state index in [1.807, 2.05) is 0 Å². The van der Waals surface area contributed by atoms with Gasteiger partial charge in [-0.2, -0.15) is 13.2 Å². The van der Waals surface area contributed by atoms with Crippen molar-refractivity contribution in [2.75, 3.05) is 0 Å². The maximum Gasteiger partial charge on any atom is 0.416 e. The lowest BCUT2D eigenvalue weighted by molar-refractivity contribution is -0.260. The molecule has 0 amide bonds. The molecule has 2 aliphatic carbocycles. The van der Waals surface area contributed by atoms with Gasteiger partial charge in [-0.1, -0.05) is 27.7 Å². The van der Waals surface area contributed by atoms with Crippen LogP contribution in [0.4, 0.5) is 13.2 Å². The normalized spacial score (nSPS) is 39.3. The zero-order valence-electron chi connectivity index (χ0n) is 13.7. The molecule has 2 fully saturated rings. The molecular weight excluding hydrogens is 277 g/mol. The summed E-state index contributed by atoms with van der Waals surface area (Å²) < 4.78 is 38.8. The number of hydrogen-bond acceptors (Lipinski definition) is 1. The van der Waals surface area contributed by atoms with Gasteiger partial charge >= 0.3 is 6.18 Å². The molecule has 2 saturated carbocycles. The van der Waals surface area contributed by atoms with E-state index in [0.717, 1.165) is 19.8 Å². The molecule has 2 bridgehead atoms. The number of aliphatic hydroxyl groups is 1. The Morgan fingerprint density at radius 3 is 1.95 bits per heavy atom. The fourth-order valence-electron chi connectivity index (χ4n) is 5.38. The first kappa shape index (κ1) is 17.1. The van der Waals surface area contributed by atoms with Crippen LogP contribution in [0.1, 0.15) is 53.9 Å². The standard InChI is InChI=1S/C17H29F3O/c1-9(2)14-11-6-12(8-16(5,21)17(18,19)20)13(7-11)15(14)10(3)4/h9-15,21H,6-8H2,1-5H3. The van der Waals surface area contributed by atoms with E-state index in [1.165, 1.54) is 0 Å². The lowest BCUT2D eigenvalue weighted by atomic mass is 9.64. The minimum atomic E-state index is -4.53. The Morgan fingerprint density at radius 2 is 1.52 bits per heavy atom. The van der Waals surface area contributed by atoms with E-state index in [-0.39, 0.29) is 12.3 Å².